The van der Waals surface area contributed by atoms with Gasteiger partial charge in [0.2, 0.25) is 5.71 Å². The predicted molar refractivity (Wildman–Crippen MR) is 174 cm³/mol. The van der Waals surface area contributed by atoms with E-state index < -0.39 is 11.2 Å². The first kappa shape index (κ1) is 34.3. The molecule has 0 aliphatic carbocycles. The summed E-state index contributed by atoms with van der Waals surface area (Å²) in [4.78, 5) is 29.0. The summed E-state index contributed by atoms with van der Waals surface area (Å²) in [7, 11) is 0. The van der Waals surface area contributed by atoms with Gasteiger partial charge in [-0.1, -0.05) is 91.2 Å². The van der Waals surface area contributed by atoms with Crippen molar-refractivity contribution in [3.05, 3.63) is 59.1 Å². The second-order valence-electron chi connectivity index (χ2n) is 13.3. The maximum absolute atomic E-state index is 12.5. The Labute approximate surface area is 257 Å². The summed E-state index contributed by atoms with van der Waals surface area (Å²) >= 11 is 0. The van der Waals surface area contributed by atoms with Crippen molar-refractivity contribution in [1.82, 2.24) is 4.98 Å². The Morgan fingerprint density at radius 1 is 0.884 bits per heavy atom. The second kappa shape index (κ2) is 16.6. The summed E-state index contributed by atoms with van der Waals surface area (Å²) in [5.74, 6) is 0.591. The lowest BCUT2D eigenvalue weighted by molar-refractivity contribution is -0.152. The van der Waals surface area contributed by atoms with Crippen LogP contribution in [0.3, 0.4) is 0 Å². The molecule has 0 saturated heterocycles. The van der Waals surface area contributed by atoms with E-state index in [1.54, 1.807) is 13.1 Å². The summed E-state index contributed by atoms with van der Waals surface area (Å²) in [5.41, 5.74) is 6.79. The van der Waals surface area contributed by atoms with Crippen LogP contribution in [-0.4, -0.2) is 29.7 Å². The first-order valence-electron chi connectivity index (χ1n) is 16.1. The maximum atomic E-state index is 12.5. The fourth-order valence-electron chi connectivity index (χ4n) is 5.35. The molecule has 0 fully saturated rings. The normalized spacial score (nSPS) is 13.9. The second-order valence-corrected chi connectivity index (χ2v) is 13.3. The minimum absolute atomic E-state index is 0.0673. The number of hydrogen-bond acceptors (Lipinski definition) is 7. The molecule has 2 aromatic heterocycles. The highest BCUT2D eigenvalue weighted by Gasteiger charge is 2.38. The lowest BCUT2D eigenvalue weighted by Gasteiger charge is -2.33. The summed E-state index contributed by atoms with van der Waals surface area (Å²) < 4.78 is 16.8. The van der Waals surface area contributed by atoms with Gasteiger partial charge < -0.3 is 19.6 Å². The number of hydrogen-bond donors (Lipinski definition) is 1. The van der Waals surface area contributed by atoms with Crippen molar-refractivity contribution < 1.29 is 18.7 Å². The van der Waals surface area contributed by atoms with Gasteiger partial charge in [-0.3, -0.25) is 4.79 Å². The van der Waals surface area contributed by atoms with E-state index >= 15 is 0 Å². The highest BCUT2D eigenvalue weighted by Crippen LogP contribution is 2.30. The molecule has 0 aliphatic heterocycles. The van der Waals surface area contributed by atoms with Crippen LogP contribution in [0.15, 0.2) is 57.9 Å². The first-order valence-corrected chi connectivity index (χ1v) is 16.1. The number of nitrogens with zero attached hydrogens (tertiary/aromatic N) is 1. The Morgan fingerprint density at radius 2 is 1.47 bits per heavy atom. The van der Waals surface area contributed by atoms with Crippen LogP contribution in [0.4, 0.5) is 0 Å². The number of unbranched alkanes of at least 4 members (excludes halogenated alkanes) is 9. The van der Waals surface area contributed by atoms with E-state index in [0.29, 0.717) is 24.5 Å². The molecule has 0 aliphatic rings. The van der Waals surface area contributed by atoms with E-state index in [4.69, 9.17) is 19.6 Å². The molecule has 2 unspecified atom stereocenters. The lowest BCUT2D eigenvalue weighted by atomic mass is 9.76. The summed E-state index contributed by atoms with van der Waals surface area (Å²) in [6, 6.07) is 13.1. The van der Waals surface area contributed by atoms with Crippen molar-refractivity contribution in [3.63, 3.8) is 0 Å². The zero-order valence-electron chi connectivity index (χ0n) is 27.0. The van der Waals surface area contributed by atoms with Crippen LogP contribution in [0.5, 0.6) is 5.75 Å². The summed E-state index contributed by atoms with van der Waals surface area (Å²) in [6.07, 6.45) is 14.0. The van der Waals surface area contributed by atoms with Crippen LogP contribution in [0.25, 0.3) is 22.2 Å². The zero-order valence-corrected chi connectivity index (χ0v) is 27.0. The standard InChI is InChI=1S/C36H52N2O5/c1-27(26-35(2,3)4)36(5,37)34(40)42-24-15-13-11-9-7-6-8-10-12-14-23-41-30-20-18-28(19-21-30)31-25-29-17-16-22-38-32(29)43-33(31)39/h16-22,25,27H,6-15,23-24,26,37H2,1-5H3. The van der Waals surface area contributed by atoms with E-state index in [9.17, 15) is 9.59 Å². The molecule has 0 saturated carbocycles. The van der Waals surface area contributed by atoms with E-state index in [0.717, 1.165) is 48.8 Å². The molecule has 7 heteroatoms. The van der Waals surface area contributed by atoms with Crippen molar-refractivity contribution in [2.24, 2.45) is 17.1 Å². The first-order chi connectivity index (χ1) is 20.5. The van der Waals surface area contributed by atoms with Crippen molar-refractivity contribution in [1.29, 1.82) is 0 Å². The van der Waals surface area contributed by atoms with Crippen molar-refractivity contribution >= 4 is 17.1 Å². The average Bonchev–Trinajstić information content (AvgIpc) is 2.96. The van der Waals surface area contributed by atoms with Gasteiger partial charge in [-0.05, 0) is 73.4 Å². The quantitative estimate of drug-likeness (QED) is 0.117. The third kappa shape index (κ3) is 11.4. The molecule has 2 heterocycles. The fourth-order valence-corrected chi connectivity index (χ4v) is 5.35. The number of nitrogens with two attached hydrogens (primary N) is 1. The predicted octanol–water partition coefficient (Wildman–Crippen LogP) is 8.47. The zero-order chi connectivity index (χ0) is 31.3. The Bertz CT molecular complexity index is 1320. The van der Waals surface area contributed by atoms with E-state index in [1.807, 2.05) is 49.4 Å². The molecule has 0 amide bonds. The van der Waals surface area contributed by atoms with Gasteiger partial charge in [-0.15, -0.1) is 0 Å². The molecular formula is C36H52N2O5. The van der Waals surface area contributed by atoms with Gasteiger partial charge in [-0.25, -0.2) is 9.78 Å². The fraction of sp³-hybridized carbons (Fsp3) is 0.583. The summed E-state index contributed by atoms with van der Waals surface area (Å²) in [6.45, 7) is 11.5. The molecule has 7 nitrogen and oxygen atoms in total. The minimum atomic E-state index is -0.941. The Balaban J connectivity index is 1.18. The lowest BCUT2D eigenvalue weighted by Crippen LogP contribution is -2.52. The summed E-state index contributed by atoms with van der Waals surface area (Å²) in [5, 5.41) is 0.796. The van der Waals surface area contributed by atoms with Crippen molar-refractivity contribution in [3.8, 4) is 16.9 Å². The number of rotatable bonds is 18. The molecule has 3 aromatic rings. The third-order valence-corrected chi connectivity index (χ3v) is 8.10. The number of esters is 1. The largest absolute Gasteiger partial charge is 0.494 e. The number of carbonyl (C=O) groups is 1. The molecular weight excluding hydrogens is 540 g/mol. The van der Waals surface area contributed by atoms with Gasteiger partial charge >= 0.3 is 11.6 Å². The van der Waals surface area contributed by atoms with Gasteiger partial charge in [0.05, 0.1) is 18.8 Å². The topological polar surface area (TPSA) is 105 Å². The third-order valence-electron chi connectivity index (χ3n) is 8.10. The van der Waals surface area contributed by atoms with Gasteiger partial charge in [0.15, 0.2) is 0 Å². The smallest absolute Gasteiger partial charge is 0.345 e. The van der Waals surface area contributed by atoms with Crippen LogP contribution in [0.1, 0.15) is 105 Å². The van der Waals surface area contributed by atoms with Crippen LogP contribution in [0.2, 0.25) is 0 Å². The van der Waals surface area contributed by atoms with E-state index in [2.05, 4.69) is 25.8 Å². The number of pyridine rings is 1. The Hall–Kier alpha value is -3.19. The van der Waals surface area contributed by atoms with Crippen LogP contribution >= 0.6 is 0 Å². The number of benzene rings is 1. The van der Waals surface area contributed by atoms with Crippen molar-refractivity contribution in [2.45, 2.75) is 111 Å². The van der Waals surface area contributed by atoms with E-state index in [1.165, 1.54) is 38.5 Å². The molecule has 0 spiro atoms. The monoisotopic (exact) mass is 592 g/mol. The number of aromatic nitrogens is 1. The minimum Gasteiger partial charge on any atom is -0.494 e. The van der Waals surface area contributed by atoms with Gasteiger partial charge in [0, 0.05) is 11.6 Å². The molecule has 236 valence electrons. The molecule has 0 bridgehead atoms. The number of fused-ring (bicyclic) bond motifs is 1. The Kier molecular flexibility index (Phi) is 13.2. The van der Waals surface area contributed by atoms with Gasteiger partial charge in [0.25, 0.3) is 0 Å². The van der Waals surface area contributed by atoms with Crippen molar-refractivity contribution in [2.75, 3.05) is 13.2 Å². The highest BCUT2D eigenvalue weighted by molar-refractivity contribution is 5.80. The van der Waals surface area contributed by atoms with Crippen LogP contribution < -0.4 is 16.1 Å². The van der Waals surface area contributed by atoms with Crippen LogP contribution in [-0.2, 0) is 9.53 Å². The van der Waals surface area contributed by atoms with E-state index in [-0.39, 0.29) is 17.3 Å². The molecule has 2 N–H and O–H groups in total. The highest BCUT2D eigenvalue weighted by atomic mass is 16.5. The Morgan fingerprint density at radius 3 is 2.07 bits per heavy atom. The maximum Gasteiger partial charge on any atom is 0.345 e. The SMILES string of the molecule is CC(CC(C)(C)C)C(C)(N)C(=O)OCCCCCCCCCCCCOc1ccc(-c2cc3cccnc3oc2=O)cc1. The average molecular weight is 593 g/mol. The van der Waals surface area contributed by atoms with Crippen LogP contribution in [0, 0.1) is 11.3 Å². The van der Waals surface area contributed by atoms with Gasteiger partial charge in [0.1, 0.15) is 11.3 Å². The number of carbonyl (C=O) groups excluding carboxylic acids is 1. The molecule has 3 rings (SSSR count). The molecule has 2 atom stereocenters. The molecule has 43 heavy (non-hydrogen) atoms. The molecule has 1 aromatic carbocycles. The molecule has 0 radical (unpaired) electrons. The van der Waals surface area contributed by atoms with Gasteiger partial charge in [-0.2, -0.15) is 0 Å². The number of ether oxygens (including phenoxy) is 2.